The minimum atomic E-state index is 0.906. The molecular weight excluding hydrogens is 607 g/mol. The van der Waals surface area contributed by atoms with Gasteiger partial charge in [-0.05, 0) is 86.1 Å². The molecule has 0 bridgehead atoms. The highest BCUT2D eigenvalue weighted by atomic mass is 16.3. The average Bonchev–Trinajstić information content (AvgIpc) is 3.59. The highest BCUT2D eigenvalue weighted by Crippen LogP contribution is 2.46. The fourth-order valence-electron chi connectivity index (χ4n) is 7.76. The van der Waals surface area contributed by atoms with E-state index in [1.54, 1.807) is 0 Å². The van der Waals surface area contributed by atoms with E-state index in [1.165, 1.54) is 48.8 Å². The lowest BCUT2D eigenvalue weighted by Gasteiger charge is -2.27. The number of benzene rings is 9. The van der Waals surface area contributed by atoms with E-state index in [0.717, 1.165) is 44.7 Å². The lowest BCUT2D eigenvalue weighted by molar-refractivity contribution is 0.670. The Morgan fingerprint density at radius 3 is 1.80 bits per heavy atom. The molecular formula is C48H31NO. The zero-order valence-electron chi connectivity index (χ0n) is 27.3. The lowest BCUT2D eigenvalue weighted by Crippen LogP contribution is -2.10. The molecule has 0 aliphatic carbocycles. The first-order valence-corrected chi connectivity index (χ1v) is 17.1. The van der Waals surface area contributed by atoms with Crippen molar-refractivity contribution >= 4 is 71.3 Å². The summed E-state index contributed by atoms with van der Waals surface area (Å²) in [4.78, 5) is 2.37. The quantitative estimate of drug-likeness (QED) is 0.187. The first-order valence-electron chi connectivity index (χ1n) is 17.1. The van der Waals surface area contributed by atoms with Crippen molar-refractivity contribution in [2.24, 2.45) is 0 Å². The summed E-state index contributed by atoms with van der Waals surface area (Å²) in [6, 6.07) is 67.4. The second-order valence-corrected chi connectivity index (χ2v) is 12.9. The molecule has 0 unspecified atom stereocenters. The van der Waals surface area contributed by atoms with Gasteiger partial charge in [0.15, 0.2) is 0 Å². The number of fused-ring (bicyclic) bond motifs is 7. The molecule has 2 nitrogen and oxygen atoms in total. The van der Waals surface area contributed by atoms with Crippen LogP contribution in [0.5, 0.6) is 0 Å². The molecule has 9 aromatic carbocycles. The molecule has 0 aliphatic rings. The van der Waals surface area contributed by atoms with Crippen LogP contribution >= 0.6 is 0 Å². The van der Waals surface area contributed by atoms with E-state index in [0.29, 0.717) is 0 Å². The molecule has 0 radical (unpaired) electrons. The van der Waals surface area contributed by atoms with E-state index in [9.17, 15) is 0 Å². The second kappa shape index (κ2) is 11.5. The summed E-state index contributed by atoms with van der Waals surface area (Å²) in [6.45, 7) is 0. The van der Waals surface area contributed by atoms with E-state index < -0.39 is 0 Å². The van der Waals surface area contributed by atoms with Gasteiger partial charge in [0.1, 0.15) is 11.2 Å². The molecule has 1 aromatic heterocycles. The van der Waals surface area contributed by atoms with Crippen molar-refractivity contribution < 1.29 is 4.42 Å². The molecule has 10 aromatic rings. The Morgan fingerprint density at radius 2 is 0.980 bits per heavy atom. The summed E-state index contributed by atoms with van der Waals surface area (Å²) in [5.41, 5.74) is 9.84. The zero-order chi connectivity index (χ0) is 33.0. The maximum atomic E-state index is 6.68. The first-order chi connectivity index (χ1) is 24.8. The van der Waals surface area contributed by atoms with Crippen LogP contribution in [0, 0.1) is 0 Å². The minimum absolute atomic E-state index is 0.906. The molecule has 0 saturated carbocycles. The number of nitrogens with zero attached hydrogens (tertiary/aromatic N) is 1. The van der Waals surface area contributed by atoms with Crippen molar-refractivity contribution in [1.82, 2.24) is 0 Å². The van der Waals surface area contributed by atoms with Crippen molar-refractivity contribution in [2.75, 3.05) is 4.90 Å². The maximum absolute atomic E-state index is 6.68. The summed E-state index contributed by atoms with van der Waals surface area (Å²) in [6.07, 6.45) is 0. The van der Waals surface area contributed by atoms with Crippen molar-refractivity contribution in [3.8, 4) is 22.3 Å². The molecule has 234 valence electrons. The SMILES string of the molecule is c1ccc(N(c2ccc(-c3cccc4ccccc34)cc2)c2ccc(-c3cc4ccccc4c4c3oc3ccccc34)c3ccccc23)cc1. The molecule has 0 fully saturated rings. The highest BCUT2D eigenvalue weighted by molar-refractivity contribution is 6.24. The molecule has 0 saturated heterocycles. The van der Waals surface area contributed by atoms with Gasteiger partial charge < -0.3 is 9.32 Å². The Bertz CT molecular complexity index is 2860. The van der Waals surface area contributed by atoms with Crippen LogP contribution in [-0.2, 0) is 0 Å². The molecule has 2 heteroatoms. The Morgan fingerprint density at radius 1 is 0.360 bits per heavy atom. The third-order valence-corrected chi connectivity index (χ3v) is 10.0. The van der Waals surface area contributed by atoms with Crippen LogP contribution in [0.2, 0.25) is 0 Å². The lowest BCUT2D eigenvalue weighted by atomic mass is 9.92. The van der Waals surface area contributed by atoms with Crippen LogP contribution in [0.4, 0.5) is 17.1 Å². The van der Waals surface area contributed by atoms with Gasteiger partial charge in [-0.15, -0.1) is 0 Å². The molecule has 0 N–H and O–H groups in total. The Kier molecular flexibility index (Phi) is 6.53. The van der Waals surface area contributed by atoms with Gasteiger partial charge >= 0.3 is 0 Å². The normalized spacial score (nSPS) is 11.6. The Labute approximate surface area is 290 Å². The third kappa shape index (κ3) is 4.50. The zero-order valence-corrected chi connectivity index (χ0v) is 27.3. The predicted molar refractivity (Wildman–Crippen MR) is 212 cm³/mol. The summed E-state index contributed by atoms with van der Waals surface area (Å²) in [5.74, 6) is 0. The molecule has 0 aliphatic heterocycles. The summed E-state index contributed by atoms with van der Waals surface area (Å²) in [5, 5.41) is 9.57. The maximum Gasteiger partial charge on any atom is 0.143 e. The van der Waals surface area contributed by atoms with Gasteiger partial charge in [0.2, 0.25) is 0 Å². The molecule has 0 spiro atoms. The molecule has 50 heavy (non-hydrogen) atoms. The van der Waals surface area contributed by atoms with E-state index in [-0.39, 0.29) is 0 Å². The van der Waals surface area contributed by atoms with Crippen LogP contribution in [-0.4, -0.2) is 0 Å². The number of hydrogen-bond donors (Lipinski definition) is 0. The second-order valence-electron chi connectivity index (χ2n) is 12.9. The molecule has 1 heterocycles. The van der Waals surface area contributed by atoms with Crippen LogP contribution in [0.15, 0.2) is 192 Å². The molecule has 0 amide bonds. The van der Waals surface area contributed by atoms with Crippen molar-refractivity contribution in [3.05, 3.63) is 188 Å². The van der Waals surface area contributed by atoms with E-state index in [4.69, 9.17) is 4.42 Å². The van der Waals surface area contributed by atoms with Gasteiger partial charge in [-0.2, -0.15) is 0 Å². The third-order valence-electron chi connectivity index (χ3n) is 10.0. The van der Waals surface area contributed by atoms with Gasteiger partial charge in [0, 0.05) is 33.1 Å². The summed E-state index contributed by atoms with van der Waals surface area (Å²) >= 11 is 0. The fraction of sp³-hybridized carbons (Fsp3) is 0. The van der Waals surface area contributed by atoms with Gasteiger partial charge in [0.25, 0.3) is 0 Å². The Hall–Kier alpha value is -6.64. The summed E-state index contributed by atoms with van der Waals surface area (Å²) < 4.78 is 6.68. The average molecular weight is 638 g/mol. The number of furan rings is 1. The van der Waals surface area contributed by atoms with E-state index >= 15 is 0 Å². The minimum Gasteiger partial charge on any atom is -0.455 e. The van der Waals surface area contributed by atoms with Gasteiger partial charge in [-0.25, -0.2) is 0 Å². The number of anilines is 3. The summed E-state index contributed by atoms with van der Waals surface area (Å²) in [7, 11) is 0. The van der Waals surface area contributed by atoms with Gasteiger partial charge in [-0.3, -0.25) is 0 Å². The molecule has 10 rings (SSSR count). The van der Waals surface area contributed by atoms with E-state index in [2.05, 4.69) is 187 Å². The van der Waals surface area contributed by atoms with E-state index in [1.807, 2.05) is 6.07 Å². The predicted octanol–water partition coefficient (Wildman–Crippen LogP) is 13.8. The van der Waals surface area contributed by atoms with Crippen molar-refractivity contribution in [1.29, 1.82) is 0 Å². The van der Waals surface area contributed by atoms with Crippen LogP contribution < -0.4 is 4.90 Å². The van der Waals surface area contributed by atoms with Crippen molar-refractivity contribution in [3.63, 3.8) is 0 Å². The largest absolute Gasteiger partial charge is 0.455 e. The Balaban J connectivity index is 1.17. The van der Waals surface area contributed by atoms with Crippen LogP contribution in [0.3, 0.4) is 0 Å². The van der Waals surface area contributed by atoms with Crippen molar-refractivity contribution in [2.45, 2.75) is 0 Å². The first kappa shape index (κ1) is 28.4. The topological polar surface area (TPSA) is 16.4 Å². The highest BCUT2D eigenvalue weighted by Gasteiger charge is 2.21. The van der Waals surface area contributed by atoms with Gasteiger partial charge in [0.05, 0.1) is 5.69 Å². The molecule has 0 atom stereocenters. The van der Waals surface area contributed by atoms with Crippen LogP contribution in [0.1, 0.15) is 0 Å². The standard InChI is InChI=1S/C48H31NO/c1-2-16-35(17-3-1)49(36-27-25-33(26-28-36)38-23-12-15-32-13-4-6-18-37(32)38)45-30-29-41(40-20-8-9-21-42(40)45)44-31-34-14-5-7-19-39(34)47-43-22-10-11-24-46(43)50-48(44)47/h1-31H. The van der Waals surface area contributed by atoms with Crippen LogP contribution in [0.25, 0.3) is 76.5 Å². The number of para-hydroxylation sites is 2. The monoisotopic (exact) mass is 637 g/mol. The van der Waals surface area contributed by atoms with Gasteiger partial charge in [-0.1, -0.05) is 146 Å². The smallest absolute Gasteiger partial charge is 0.143 e. The fourth-order valence-corrected chi connectivity index (χ4v) is 7.76. The number of hydrogen-bond acceptors (Lipinski definition) is 2. The number of rotatable bonds is 5.